The van der Waals surface area contributed by atoms with Gasteiger partial charge >= 0.3 is 0 Å². The number of carbonyl (C=O) groups excluding carboxylic acids is 1. The Labute approximate surface area is 153 Å². The van der Waals surface area contributed by atoms with Crippen LogP contribution in [0.3, 0.4) is 0 Å². The van der Waals surface area contributed by atoms with Crippen LogP contribution in [-0.2, 0) is 24.1 Å². The molecule has 1 aliphatic rings. The summed E-state index contributed by atoms with van der Waals surface area (Å²) in [6.07, 6.45) is 7.03. The number of hydrogen-bond donors (Lipinski definition) is 2. The minimum absolute atomic E-state index is 0.0217. The first kappa shape index (κ1) is 16.7. The molecule has 0 fully saturated rings. The number of para-hydroxylation sites is 1. The van der Waals surface area contributed by atoms with Gasteiger partial charge in [-0.25, -0.2) is 0 Å². The van der Waals surface area contributed by atoms with Crippen molar-refractivity contribution in [1.82, 2.24) is 10.3 Å². The number of benzene rings is 2. The molecular weight excluding hydrogens is 324 g/mol. The number of aromatic amines is 1. The molecule has 0 spiro atoms. The summed E-state index contributed by atoms with van der Waals surface area (Å²) in [6, 6.07) is 14.3. The van der Waals surface area contributed by atoms with Crippen LogP contribution < -0.4 is 10.1 Å². The smallest absolute Gasteiger partial charge is 0.224 e. The van der Waals surface area contributed by atoms with E-state index in [1.165, 1.54) is 24.0 Å². The molecule has 4 nitrogen and oxygen atoms in total. The molecule has 0 saturated carbocycles. The molecule has 0 saturated heterocycles. The van der Waals surface area contributed by atoms with E-state index in [4.69, 9.17) is 4.74 Å². The average Bonchev–Trinajstić information content (AvgIpc) is 3.08. The second kappa shape index (κ2) is 7.65. The Morgan fingerprint density at radius 2 is 1.96 bits per heavy atom. The fourth-order valence-corrected chi connectivity index (χ4v) is 3.75. The van der Waals surface area contributed by atoms with Crippen molar-refractivity contribution in [2.24, 2.45) is 0 Å². The molecule has 1 amide bonds. The van der Waals surface area contributed by atoms with E-state index < -0.39 is 0 Å². The third kappa shape index (κ3) is 3.59. The Balaban J connectivity index is 1.28. The van der Waals surface area contributed by atoms with Crippen molar-refractivity contribution in [3.8, 4) is 5.75 Å². The van der Waals surface area contributed by atoms with Crippen LogP contribution in [0.25, 0.3) is 10.9 Å². The Morgan fingerprint density at radius 1 is 1.08 bits per heavy atom. The lowest BCUT2D eigenvalue weighted by molar-refractivity contribution is -0.120. The molecule has 1 heterocycles. The maximum absolute atomic E-state index is 12.2. The first-order chi connectivity index (χ1) is 12.8. The third-order valence-corrected chi connectivity index (χ3v) is 5.06. The van der Waals surface area contributed by atoms with Crippen molar-refractivity contribution in [1.29, 1.82) is 0 Å². The van der Waals surface area contributed by atoms with Gasteiger partial charge in [0.2, 0.25) is 5.91 Å². The second-order valence-electron chi connectivity index (χ2n) is 6.84. The standard InChI is InChI=1S/C22H24N2O2/c25-22(14-17-15-24-20-10-4-3-8-18(17)20)23-12-13-26-21-11-5-7-16-6-1-2-9-19(16)21/h3-5,7-8,10-11,15,24H,1-2,6,9,12-14H2,(H,23,25). The molecule has 26 heavy (non-hydrogen) atoms. The number of aromatic nitrogens is 1. The highest BCUT2D eigenvalue weighted by Crippen LogP contribution is 2.29. The van der Waals surface area contributed by atoms with Gasteiger partial charge in [0.15, 0.2) is 0 Å². The number of carbonyl (C=O) groups is 1. The van der Waals surface area contributed by atoms with Crippen molar-refractivity contribution in [2.75, 3.05) is 13.2 Å². The Morgan fingerprint density at radius 3 is 2.92 bits per heavy atom. The van der Waals surface area contributed by atoms with Crippen LogP contribution in [0, 0.1) is 0 Å². The number of ether oxygens (including phenoxy) is 1. The van der Waals surface area contributed by atoms with Gasteiger partial charge in [-0.05, 0) is 54.5 Å². The predicted octanol–water partition coefficient (Wildman–Crippen LogP) is 3.78. The zero-order chi connectivity index (χ0) is 17.8. The lowest BCUT2D eigenvalue weighted by atomic mass is 9.91. The number of rotatable bonds is 6. The van der Waals surface area contributed by atoms with Crippen molar-refractivity contribution in [3.63, 3.8) is 0 Å². The molecule has 4 heteroatoms. The number of amides is 1. The fourth-order valence-electron chi connectivity index (χ4n) is 3.75. The van der Waals surface area contributed by atoms with Crippen LogP contribution >= 0.6 is 0 Å². The van der Waals surface area contributed by atoms with Gasteiger partial charge in [0.1, 0.15) is 12.4 Å². The molecule has 4 rings (SSSR count). The largest absolute Gasteiger partial charge is 0.491 e. The van der Waals surface area contributed by atoms with Crippen LogP contribution in [0.4, 0.5) is 0 Å². The van der Waals surface area contributed by atoms with Gasteiger partial charge in [0.25, 0.3) is 0 Å². The van der Waals surface area contributed by atoms with Crippen molar-refractivity contribution in [3.05, 3.63) is 65.4 Å². The minimum atomic E-state index is 0.0217. The molecule has 2 aromatic carbocycles. The first-order valence-corrected chi connectivity index (χ1v) is 9.36. The Bertz CT molecular complexity index is 913. The molecule has 3 aromatic rings. The number of fused-ring (bicyclic) bond motifs is 2. The molecule has 0 atom stereocenters. The highest BCUT2D eigenvalue weighted by molar-refractivity contribution is 5.88. The summed E-state index contributed by atoms with van der Waals surface area (Å²) in [5, 5.41) is 4.06. The lowest BCUT2D eigenvalue weighted by Gasteiger charge is -2.19. The van der Waals surface area contributed by atoms with Crippen LogP contribution in [0.15, 0.2) is 48.7 Å². The Kier molecular flexibility index (Phi) is 4.91. The van der Waals surface area contributed by atoms with Crippen LogP contribution in [-0.4, -0.2) is 24.0 Å². The van der Waals surface area contributed by atoms with Gasteiger partial charge in [0.05, 0.1) is 13.0 Å². The van der Waals surface area contributed by atoms with E-state index >= 15 is 0 Å². The maximum atomic E-state index is 12.2. The topological polar surface area (TPSA) is 54.1 Å². The molecule has 0 radical (unpaired) electrons. The third-order valence-electron chi connectivity index (χ3n) is 5.06. The van der Waals surface area contributed by atoms with Gasteiger partial charge in [0, 0.05) is 17.1 Å². The zero-order valence-corrected chi connectivity index (χ0v) is 14.9. The summed E-state index contributed by atoms with van der Waals surface area (Å²) in [7, 11) is 0. The molecular formula is C22H24N2O2. The highest BCUT2D eigenvalue weighted by atomic mass is 16.5. The molecule has 0 unspecified atom stereocenters. The number of nitrogens with one attached hydrogen (secondary N) is 2. The van der Waals surface area contributed by atoms with Crippen LogP contribution in [0.5, 0.6) is 5.75 Å². The molecule has 1 aliphatic carbocycles. The number of H-pyrrole nitrogens is 1. The van der Waals surface area contributed by atoms with E-state index in [9.17, 15) is 4.79 Å². The van der Waals surface area contributed by atoms with E-state index in [2.05, 4.69) is 22.4 Å². The average molecular weight is 348 g/mol. The van der Waals surface area contributed by atoms with Crippen LogP contribution in [0.1, 0.15) is 29.5 Å². The van der Waals surface area contributed by atoms with Crippen LogP contribution in [0.2, 0.25) is 0 Å². The summed E-state index contributed by atoms with van der Waals surface area (Å²) in [4.78, 5) is 15.4. The predicted molar refractivity (Wildman–Crippen MR) is 104 cm³/mol. The minimum Gasteiger partial charge on any atom is -0.491 e. The maximum Gasteiger partial charge on any atom is 0.224 e. The highest BCUT2D eigenvalue weighted by Gasteiger charge is 2.14. The molecule has 0 bridgehead atoms. The first-order valence-electron chi connectivity index (χ1n) is 9.36. The van der Waals surface area contributed by atoms with E-state index in [0.717, 1.165) is 35.1 Å². The van der Waals surface area contributed by atoms with Crippen molar-refractivity contribution in [2.45, 2.75) is 32.1 Å². The van der Waals surface area contributed by atoms with E-state index in [-0.39, 0.29) is 5.91 Å². The lowest BCUT2D eigenvalue weighted by Crippen LogP contribution is -2.29. The van der Waals surface area contributed by atoms with Gasteiger partial charge in [-0.15, -0.1) is 0 Å². The SMILES string of the molecule is O=C(Cc1c[nH]c2ccccc12)NCCOc1cccc2c1CCCC2. The molecule has 1 aromatic heterocycles. The summed E-state index contributed by atoms with van der Waals surface area (Å²) in [5.74, 6) is 1.00. The number of aryl methyl sites for hydroxylation is 1. The van der Waals surface area contributed by atoms with E-state index in [0.29, 0.717) is 19.6 Å². The summed E-state index contributed by atoms with van der Waals surface area (Å²) < 4.78 is 5.94. The van der Waals surface area contributed by atoms with E-state index in [1.54, 1.807) is 0 Å². The van der Waals surface area contributed by atoms with Gasteiger partial charge in [-0.3, -0.25) is 4.79 Å². The second-order valence-corrected chi connectivity index (χ2v) is 6.84. The molecule has 134 valence electrons. The zero-order valence-electron chi connectivity index (χ0n) is 14.9. The Hall–Kier alpha value is -2.75. The van der Waals surface area contributed by atoms with Crippen molar-refractivity contribution >= 4 is 16.8 Å². The quantitative estimate of drug-likeness (QED) is 0.666. The summed E-state index contributed by atoms with van der Waals surface area (Å²) in [5.41, 5.74) is 4.85. The fraction of sp³-hybridized carbons (Fsp3) is 0.318. The van der Waals surface area contributed by atoms with E-state index in [1.807, 2.05) is 36.5 Å². The summed E-state index contributed by atoms with van der Waals surface area (Å²) in [6.45, 7) is 1.01. The van der Waals surface area contributed by atoms with Crippen molar-refractivity contribution < 1.29 is 9.53 Å². The van der Waals surface area contributed by atoms with Gasteiger partial charge in [-0.1, -0.05) is 30.3 Å². The number of hydrogen-bond acceptors (Lipinski definition) is 2. The molecule has 0 aliphatic heterocycles. The van der Waals surface area contributed by atoms with Gasteiger partial charge in [-0.2, -0.15) is 0 Å². The molecule has 2 N–H and O–H groups in total. The summed E-state index contributed by atoms with van der Waals surface area (Å²) >= 11 is 0. The van der Waals surface area contributed by atoms with Gasteiger partial charge < -0.3 is 15.0 Å². The monoisotopic (exact) mass is 348 g/mol. The normalized spacial score (nSPS) is 13.4.